The maximum Gasteiger partial charge on any atom is 0.244 e. The minimum atomic E-state index is -0.298. The molecule has 7 nitrogen and oxygen atoms in total. The Morgan fingerprint density at radius 1 is 1.24 bits per heavy atom. The highest BCUT2D eigenvalue weighted by Gasteiger charge is 2.47. The number of halogens is 1. The third-order valence-corrected chi connectivity index (χ3v) is 7.11. The molecule has 1 saturated carbocycles. The van der Waals surface area contributed by atoms with Crippen molar-refractivity contribution in [1.29, 1.82) is 0 Å². The normalized spacial score (nSPS) is 25.0. The van der Waals surface area contributed by atoms with Crippen LogP contribution in [0.3, 0.4) is 0 Å². The molecule has 2 aromatic rings. The van der Waals surface area contributed by atoms with Crippen molar-refractivity contribution in [2.24, 2.45) is 23.5 Å². The Morgan fingerprint density at radius 2 is 2.03 bits per heavy atom. The fourth-order valence-electron chi connectivity index (χ4n) is 5.27. The lowest BCUT2D eigenvalue weighted by Gasteiger charge is -2.27. The third-order valence-electron chi connectivity index (χ3n) is 6.84. The molecule has 1 aromatic carbocycles. The molecule has 1 fully saturated rings. The maximum atomic E-state index is 12.1. The first-order chi connectivity index (χ1) is 16.0. The fourth-order valence-corrected chi connectivity index (χ4v) is 5.42. The summed E-state index contributed by atoms with van der Waals surface area (Å²) in [5, 5.41) is 7.24. The summed E-state index contributed by atoms with van der Waals surface area (Å²) < 4.78 is 0. The molecule has 2 heterocycles. The van der Waals surface area contributed by atoms with Gasteiger partial charge in [-0.25, -0.2) is 9.88 Å². The largest absolute Gasteiger partial charge is 0.369 e. The smallest absolute Gasteiger partial charge is 0.244 e. The van der Waals surface area contributed by atoms with Gasteiger partial charge in [-0.2, -0.15) is 4.98 Å². The summed E-state index contributed by atoms with van der Waals surface area (Å²) in [6.45, 7) is 3.74. The zero-order chi connectivity index (χ0) is 22.9. The molecule has 2 aliphatic carbocycles. The van der Waals surface area contributed by atoms with Gasteiger partial charge in [0, 0.05) is 12.1 Å². The monoisotopic (exact) mass is 462 g/mol. The maximum absolute atomic E-state index is 12.1. The lowest BCUT2D eigenvalue weighted by molar-refractivity contribution is -0.122. The minimum absolute atomic E-state index is 0.136. The van der Waals surface area contributed by atoms with E-state index in [0.29, 0.717) is 16.8 Å². The average molecular weight is 463 g/mol. The number of nitrogens with zero attached hydrogens (tertiary/aromatic N) is 3. The van der Waals surface area contributed by atoms with Crippen LogP contribution in [0, 0.1) is 29.7 Å². The fraction of sp³-hybridized carbons (Fsp3) is 0.400. The number of allylic oxidation sites excluding steroid dienone is 1. The molecule has 170 valence electrons. The molecule has 0 spiro atoms. The number of rotatable bonds is 5. The van der Waals surface area contributed by atoms with E-state index in [1.165, 1.54) is 11.1 Å². The van der Waals surface area contributed by atoms with Gasteiger partial charge in [-0.15, -0.1) is 0 Å². The van der Waals surface area contributed by atoms with Crippen molar-refractivity contribution in [3.05, 3.63) is 52.7 Å². The first-order valence-corrected chi connectivity index (χ1v) is 11.7. The summed E-state index contributed by atoms with van der Waals surface area (Å²) in [6, 6.07) is 9.37. The molecule has 1 aliphatic heterocycles. The molecule has 0 saturated heterocycles. The predicted molar refractivity (Wildman–Crippen MR) is 130 cm³/mol. The van der Waals surface area contributed by atoms with E-state index >= 15 is 0 Å². The lowest BCUT2D eigenvalue weighted by Crippen LogP contribution is -2.41. The number of amides is 1. The van der Waals surface area contributed by atoms with Gasteiger partial charge in [0.2, 0.25) is 11.9 Å². The van der Waals surface area contributed by atoms with Crippen molar-refractivity contribution in [2.45, 2.75) is 32.2 Å². The van der Waals surface area contributed by atoms with Gasteiger partial charge in [-0.1, -0.05) is 35.7 Å². The van der Waals surface area contributed by atoms with Crippen LogP contribution in [0.15, 0.2) is 36.5 Å². The first kappa shape index (κ1) is 21.7. The van der Waals surface area contributed by atoms with Crippen LogP contribution in [-0.2, 0) is 17.6 Å². The molecule has 4 N–H and O–H groups in total. The van der Waals surface area contributed by atoms with Crippen molar-refractivity contribution < 1.29 is 4.79 Å². The second-order valence-electron chi connectivity index (χ2n) is 8.81. The number of nitrogens with two attached hydrogens (primary N) is 1. The molecule has 1 amide bonds. The van der Waals surface area contributed by atoms with Crippen molar-refractivity contribution in [2.75, 3.05) is 23.3 Å². The number of carbonyl (C=O) groups excluding carboxylic acids is 1. The summed E-state index contributed by atoms with van der Waals surface area (Å²) in [4.78, 5) is 23.1. The van der Waals surface area contributed by atoms with Crippen LogP contribution < -0.4 is 21.3 Å². The Hall–Kier alpha value is -3.08. The van der Waals surface area contributed by atoms with Gasteiger partial charge in [-0.3, -0.25) is 4.79 Å². The zero-order valence-corrected chi connectivity index (χ0v) is 19.3. The van der Waals surface area contributed by atoms with Crippen LogP contribution in [0.2, 0.25) is 5.02 Å². The SMILES string of the molecule is CC#CN(c1ccc2c(c1)CCNCC2)c1ncc(Cl)c(N[C@@H]2[C@H](C(N)=O)[C@H]3C=C[C@@H]2C3)n1. The Kier molecular flexibility index (Phi) is 5.96. The van der Waals surface area contributed by atoms with Gasteiger partial charge in [0.1, 0.15) is 5.02 Å². The first-order valence-electron chi connectivity index (χ1n) is 11.4. The van der Waals surface area contributed by atoms with E-state index in [9.17, 15) is 4.79 Å². The molecular weight excluding hydrogens is 436 g/mol. The number of anilines is 3. The standard InChI is InChI=1S/C25H27ClN6O/c1-2-11-32(19-6-5-15-7-9-28-10-8-16(15)13-19)25-29-14-20(26)24(31-25)30-22-18-4-3-17(12-18)21(22)23(27)33/h3-6,13-14,17-18,21-22,28H,7-10,12H2,1H3,(H2,27,33)(H,29,30,31)/t17-,18+,21+,22-/m0/s1. The van der Waals surface area contributed by atoms with E-state index in [4.69, 9.17) is 22.3 Å². The second-order valence-corrected chi connectivity index (χ2v) is 9.22. The summed E-state index contributed by atoms with van der Waals surface area (Å²) in [6.07, 6.45) is 8.72. The summed E-state index contributed by atoms with van der Waals surface area (Å²) in [5.74, 6) is 3.70. The molecule has 0 unspecified atom stereocenters. The van der Waals surface area contributed by atoms with E-state index in [1.807, 2.05) is 0 Å². The van der Waals surface area contributed by atoms with Crippen molar-refractivity contribution in [1.82, 2.24) is 15.3 Å². The molecular formula is C25H27ClN6O. The number of carbonyl (C=O) groups is 1. The van der Waals surface area contributed by atoms with Crippen molar-refractivity contribution in [3.63, 3.8) is 0 Å². The molecule has 8 heteroatoms. The second kappa shape index (κ2) is 9.05. The highest BCUT2D eigenvalue weighted by molar-refractivity contribution is 6.32. The van der Waals surface area contributed by atoms with Gasteiger partial charge in [0.25, 0.3) is 0 Å². The van der Waals surface area contributed by atoms with Gasteiger partial charge in [0.15, 0.2) is 5.82 Å². The Morgan fingerprint density at radius 3 is 2.82 bits per heavy atom. The van der Waals surface area contributed by atoms with Crippen molar-refractivity contribution in [3.8, 4) is 12.0 Å². The third kappa shape index (κ3) is 4.17. The van der Waals surface area contributed by atoms with Crippen LogP contribution in [0.5, 0.6) is 0 Å². The number of primary amides is 1. The summed E-state index contributed by atoms with van der Waals surface area (Å²) in [7, 11) is 0. The molecule has 3 aliphatic rings. The van der Waals surface area contributed by atoms with E-state index in [2.05, 4.69) is 57.9 Å². The van der Waals surface area contributed by atoms with E-state index in [0.717, 1.165) is 38.0 Å². The highest BCUT2D eigenvalue weighted by atomic mass is 35.5. The molecule has 5 rings (SSSR count). The number of aromatic nitrogens is 2. The van der Waals surface area contributed by atoms with Crippen molar-refractivity contribution >= 4 is 35.0 Å². The number of nitrogens with one attached hydrogen (secondary N) is 2. The predicted octanol–water partition coefficient (Wildman–Crippen LogP) is 3.03. The van der Waals surface area contributed by atoms with E-state index < -0.39 is 0 Å². The van der Waals surface area contributed by atoms with Crippen LogP contribution in [0.4, 0.5) is 17.5 Å². The van der Waals surface area contributed by atoms with Crippen LogP contribution >= 0.6 is 11.6 Å². The van der Waals surface area contributed by atoms with Gasteiger partial charge in [-0.05, 0) is 74.4 Å². The number of hydrogen-bond acceptors (Lipinski definition) is 6. The highest BCUT2D eigenvalue weighted by Crippen LogP contribution is 2.45. The number of benzene rings is 1. The van der Waals surface area contributed by atoms with Crippen LogP contribution in [0.1, 0.15) is 24.5 Å². The van der Waals surface area contributed by atoms with Crippen LogP contribution in [0.25, 0.3) is 0 Å². The summed E-state index contributed by atoms with van der Waals surface area (Å²) in [5.41, 5.74) is 9.30. The number of fused-ring (bicyclic) bond motifs is 3. The van der Waals surface area contributed by atoms with Gasteiger partial charge in [0.05, 0.1) is 17.8 Å². The average Bonchev–Trinajstić information content (AvgIpc) is 3.33. The molecule has 2 bridgehead atoms. The topological polar surface area (TPSA) is 96.2 Å². The Labute approximate surface area is 198 Å². The quantitative estimate of drug-likeness (QED) is 0.359. The zero-order valence-electron chi connectivity index (χ0n) is 18.5. The number of hydrogen-bond donors (Lipinski definition) is 3. The minimum Gasteiger partial charge on any atom is -0.369 e. The Balaban J connectivity index is 1.47. The van der Waals surface area contributed by atoms with E-state index in [-0.39, 0.29) is 29.7 Å². The molecule has 0 radical (unpaired) electrons. The molecule has 1 aromatic heterocycles. The van der Waals surface area contributed by atoms with E-state index in [1.54, 1.807) is 18.0 Å². The Bertz CT molecular complexity index is 1170. The molecule has 33 heavy (non-hydrogen) atoms. The molecule has 4 atom stereocenters. The summed E-state index contributed by atoms with van der Waals surface area (Å²) >= 11 is 6.46. The lowest BCUT2D eigenvalue weighted by atomic mass is 9.88. The van der Waals surface area contributed by atoms with Crippen LogP contribution in [-0.4, -0.2) is 35.0 Å². The van der Waals surface area contributed by atoms with Gasteiger partial charge < -0.3 is 16.4 Å². The van der Waals surface area contributed by atoms with Gasteiger partial charge >= 0.3 is 0 Å².